The molecule has 1 atom stereocenters. The number of halogens is 1. The van der Waals surface area contributed by atoms with Crippen molar-refractivity contribution in [2.75, 3.05) is 26.7 Å². The van der Waals surface area contributed by atoms with Crippen LogP contribution in [0.5, 0.6) is 0 Å². The van der Waals surface area contributed by atoms with Crippen molar-refractivity contribution in [3.8, 4) is 0 Å². The van der Waals surface area contributed by atoms with Gasteiger partial charge in [-0.25, -0.2) is 4.79 Å². The van der Waals surface area contributed by atoms with Crippen molar-refractivity contribution in [3.05, 3.63) is 22.4 Å². The highest BCUT2D eigenvalue weighted by Crippen LogP contribution is 2.26. The minimum absolute atomic E-state index is 0. The molecule has 0 radical (unpaired) electrons. The number of nitrogens with zero attached hydrogens (tertiary/aromatic N) is 2. The van der Waals surface area contributed by atoms with E-state index in [0.29, 0.717) is 0 Å². The predicted octanol–water partition coefficient (Wildman–Crippen LogP) is 3.82. The summed E-state index contributed by atoms with van der Waals surface area (Å²) in [6, 6.07) is 4.34. The lowest BCUT2D eigenvalue weighted by Gasteiger charge is -2.28. The highest BCUT2D eigenvalue weighted by atomic mass is 127. The van der Waals surface area contributed by atoms with Crippen LogP contribution in [0.2, 0.25) is 0 Å². The van der Waals surface area contributed by atoms with Gasteiger partial charge >= 0.3 is 6.09 Å². The molecule has 2 rings (SSSR count). The summed E-state index contributed by atoms with van der Waals surface area (Å²) < 4.78 is 5.34. The number of nitrogens with one attached hydrogen (secondary N) is 2. The van der Waals surface area contributed by atoms with Crippen LogP contribution in [0.15, 0.2) is 22.5 Å². The summed E-state index contributed by atoms with van der Waals surface area (Å²) in [5, 5.41) is 8.56. The maximum absolute atomic E-state index is 12.0. The van der Waals surface area contributed by atoms with E-state index < -0.39 is 5.60 Å². The Bertz CT molecular complexity index is 626. The minimum Gasteiger partial charge on any atom is -0.444 e. The number of likely N-dealkylation sites (tertiary alicyclic amines) is 1. The summed E-state index contributed by atoms with van der Waals surface area (Å²) in [6.45, 7) is 12.5. The largest absolute Gasteiger partial charge is 0.444 e. The Kier molecular flexibility index (Phi) is 8.85. The summed E-state index contributed by atoms with van der Waals surface area (Å²) in [7, 11) is 1.80. The van der Waals surface area contributed by atoms with E-state index in [2.05, 4.69) is 51.9 Å². The number of aliphatic imine (C=N–C) groups is 1. The van der Waals surface area contributed by atoms with Gasteiger partial charge in [-0.3, -0.25) is 4.99 Å². The van der Waals surface area contributed by atoms with Crippen LogP contribution in [0, 0.1) is 0 Å². The van der Waals surface area contributed by atoms with Crippen LogP contribution < -0.4 is 10.6 Å². The van der Waals surface area contributed by atoms with E-state index in [1.807, 2.05) is 20.8 Å². The zero-order valence-corrected chi connectivity index (χ0v) is 20.3. The topological polar surface area (TPSA) is 66.0 Å². The fourth-order valence-electron chi connectivity index (χ4n) is 2.93. The fourth-order valence-corrected chi connectivity index (χ4v) is 3.78. The zero-order chi connectivity index (χ0) is 19.4. The Morgan fingerprint density at radius 2 is 2.07 bits per heavy atom. The number of alkyl carbamates (subject to hydrolysis) is 1. The summed E-state index contributed by atoms with van der Waals surface area (Å²) in [4.78, 5) is 19.9. The Hall–Kier alpha value is -1.03. The third-order valence-electron chi connectivity index (χ3n) is 4.30. The number of ether oxygens (including phenoxy) is 1. The molecule has 2 heterocycles. The van der Waals surface area contributed by atoms with E-state index >= 15 is 0 Å². The van der Waals surface area contributed by atoms with Gasteiger partial charge in [-0.2, -0.15) is 0 Å². The number of hydrogen-bond acceptors (Lipinski definition) is 4. The van der Waals surface area contributed by atoms with Crippen LogP contribution in [0.1, 0.15) is 45.9 Å². The normalized spacial score (nSPS) is 18.1. The van der Waals surface area contributed by atoms with Crippen molar-refractivity contribution in [1.82, 2.24) is 15.5 Å². The second kappa shape index (κ2) is 9.95. The first-order valence-electron chi connectivity index (χ1n) is 9.10. The molecule has 0 saturated carbocycles. The Morgan fingerprint density at radius 3 is 2.63 bits per heavy atom. The van der Waals surface area contributed by atoms with Crippen molar-refractivity contribution in [2.45, 2.75) is 58.1 Å². The average molecular weight is 508 g/mol. The molecule has 1 saturated heterocycles. The second-order valence-electron chi connectivity index (χ2n) is 8.34. The van der Waals surface area contributed by atoms with E-state index in [9.17, 15) is 4.79 Å². The Balaban J connectivity index is 0.00000364. The van der Waals surface area contributed by atoms with Gasteiger partial charge in [0.05, 0.1) is 6.04 Å². The van der Waals surface area contributed by atoms with Crippen molar-refractivity contribution in [2.24, 2.45) is 4.99 Å². The van der Waals surface area contributed by atoms with Gasteiger partial charge < -0.3 is 20.3 Å². The standard InChI is InChI=1S/C19H32N4O2S.HI/c1-18(2,3)25-17(24)22-14-9-10-23(12-14)16(20-6)21-13-19(4,5)15-8-7-11-26-15;/h7-8,11,14H,9-10,12-13H2,1-6H3,(H,20,21)(H,22,24);1H. The van der Waals surface area contributed by atoms with Crippen molar-refractivity contribution < 1.29 is 9.53 Å². The molecular formula is C19H33IN4O2S. The summed E-state index contributed by atoms with van der Waals surface area (Å²) in [6.07, 6.45) is 0.528. The number of rotatable bonds is 4. The Morgan fingerprint density at radius 1 is 1.37 bits per heavy atom. The van der Waals surface area contributed by atoms with Crippen LogP contribution >= 0.6 is 35.3 Å². The molecule has 27 heavy (non-hydrogen) atoms. The maximum atomic E-state index is 12.0. The van der Waals surface area contributed by atoms with Crippen molar-refractivity contribution in [3.63, 3.8) is 0 Å². The molecule has 1 amide bonds. The maximum Gasteiger partial charge on any atom is 0.407 e. The number of hydrogen-bond donors (Lipinski definition) is 2. The van der Waals surface area contributed by atoms with Crippen molar-refractivity contribution in [1.29, 1.82) is 0 Å². The molecule has 0 bridgehead atoms. The smallest absolute Gasteiger partial charge is 0.407 e. The van der Waals surface area contributed by atoms with Gasteiger partial charge in [0.1, 0.15) is 5.60 Å². The molecular weight excluding hydrogens is 475 g/mol. The summed E-state index contributed by atoms with van der Waals surface area (Å²) >= 11 is 1.78. The molecule has 0 aromatic carbocycles. The third-order valence-corrected chi connectivity index (χ3v) is 5.53. The van der Waals surface area contributed by atoms with Crippen LogP contribution in [0.3, 0.4) is 0 Å². The second-order valence-corrected chi connectivity index (χ2v) is 9.29. The fraction of sp³-hybridized carbons (Fsp3) is 0.684. The van der Waals surface area contributed by atoms with E-state index in [1.165, 1.54) is 4.88 Å². The van der Waals surface area contributed by atoms with Crippen molar-refractivity contribution >= 4 is 47.4 Å². The number of carbonyl (C=O) groups excluding carboxylic acids is 1. The molecule has 6 nitrogen and oxygen atoms in total. The molecule has 1 aliphatic rings. The molecule has 1 aromatic rings. The molecule has 1 unspecified atom stereocenters. The van der Waals surface area contributed by atoms with E-state index in [0.717, 1.165) is 32.0 Å². The molecule has 8 heteroatoms. The lowest BCUT2D eigenvalue weighted by molar-refractivity contribution is 0.0507. The molecule has 0 spiro atoms. The van der Waals surface area contributed by atoms with Gasteiger partial charge in [0.2, 0.25) is 0 Å². The highest BCUT2D eigenvalue weighted by Gasteiger charge is 2.29. The zero-order valence-electron chi connectivity index (χ0n) is 17.2. The monoisotopic (exact) mass is 508 g/mol. The SMILES string of the molecule is CN=C(NCC(C)(C)c1cccs1)N1CCC(NC(=O)OC(C)(C)C)C1.I. The van der Waals surface area contributed by atoms with Crippen LogP contribution in [-0.4, -0.2) is 55.3 Å². The molecule has 1 fully saturated rings. The first-order valence-corrected chi connectivity index (χ1v) is 9.98. The number of guanidine groups is 1. The van der Waals surface area contributed by atoms with E-state index in [-0.39, 0.29) is 41.5 Å². The lowest BCUT2D eigenvalue weighted by Crippen LogP contribution is -2.46. The molecule has 0 aliphatic carbocycles. The molecule has 1 aliphatic heterocycles. The number of thiophene rings is 1. The summed E-state index contributed by atoms with van der Waals surface area (Å²) in [5.41, 5.74) is -0.439. The van der Waals surface area contributed by atoms with Crippen LogP contribution in [-0.2, 0) is 10.2 Å². The highest BCUT2D eigenvalue weighted by molar-refractivity contribution is 14.0. The van der Waals surface area contributed by atoms with Gasteiger partial charge in [-0.1, -0.05) is 19.9 Å². The van der Waals surface area contributed by atoms with Gasteiger partial charge in [0.25, 0.3) is 0 Å². The van der Waals surface area contributed by atoms with Crippen LogP contribution in [0.4, 0.5) is 4.79 Å². The molecule has 2 N–H and O–H groups in total. The average Bonchev–Trinajstić information content (AvgIpc) is 3.17. The lowest BCUT2D eigenvalue weighted by atomic mass is 9.91. The quantitative estimate of drug-likeness (QED) is 0.369. The van der Waals surface area contributed by atoms with E-state index in [4.69, 9.17) is 4.74 Å². The third kappa shape index (κ3) is 7.48. The molecule has 154 valence electrons. The van der Waals surface area contributed by atoms with E-state index in [1.54, 1.807) is 18.4 Å². The van der Waals surface area contributed by atoms with Gasteiger partial charge in [-0.05, 0) is 38.6 Å². The van der Waals surface area contributed by atoms with Gasteiger partial charge in [-0.15, -0.1) is 35.3 Å². The van der Waals surface area contributed by atoms with Gasteiger partial charge in [0.15, 0.2) is 5.96 Å². The first-order chi connectivity index (χ1) is 12.1. The predicted molar refractivity (Wildman–Crippen MR) is 123 cm³/mol. The number of amides is 1. The molecule has 1 aromatic heterocycles. The Labute approximate surface area is 184 Å². The first kappa shape index (κ1) is 24.0. The summed E-state index contributed by atoms with van der Waals surface area (Å²) in [5.74, 6) is 0.878. The number of carbonyl (C=O) groups is 1. The van der Waals surface area contributed by atoms with Crippen LogP contribution in [0.25, 0.3) is 0 Å². The van der Waals surface area contributed by atoms with Gasteiger partial charge in [0, 0.05) is 37.0 Å². The minimum atomic E-state index is -0.479.